The van der Waals surface area contributed by atoms with Crippen molar-refractivity contribution in [3.8, 4) is 11.5 Å². The molecule has 0 bridgehead atoms. The highest BCUT2D eigenvalue weighted by Crippen LogP contribution is 2.29. The van der Waals surface area contributed by atoms with Crippen LogP contribution in [-0.4, -0.2) is 39.7 Å². The van der Waals surface area contributed by atoms with E-state index in [9.17, 15) is 17.6 Å². The highest BCUT2D eigenvalue weighted by molar-refractivity contribution is 7.89. The van der Waals surface area contributed by atoms with Crippen LogP contribution < -0.4 is 19.0 Å². The van der Waals surface area contributed by atoms with E-state index in [1.165, 1.54) is 49.8 Å². The summed E-state index contributed by atoms with van der Waals surface area (Å²) in [6.07, 6.45) is 1.58. The van der Waals surface area contributed by atoms with E-state index in [-0.39, 0.29) is 36.0 Å². The molecule has 2 aromatic carbocycles. The van der Waals surface area contributed by atoms with E-state index in [2.05, 4.69) is 9.71 Å². The van der Waals surface area contributed by atoms with Gasteiger partial charge in [-0.3, -0.25) is 4.79 Å². The minimum absolute atomic E-state index is 0.0134. The van der Waals surface area contributed by atoms with E-state index in [1.807, 2.05) is 0 Å². The number of sulfonamides is 1. The Morgan fingerprint density at radius 3 is 2.62 bits per heavy atom. The average molecular weight is 480 g/mol. The van der Waals surface area contributed by atoms with Gasteiger partial charge in [-0.15, -0.1) is 11.3 Å². The fourth-order valence-corrected chi connectivity index (χ4v) is 4.63. The Morgan fingerprint density at radius 2 is 1.91 bits per heavy atom. The number of nitrogens with one attached hydrogen (secondary N) is 1. The van der Waals surface area contributed by atoms with E-state index < -0.39 is 15.9 Å². The van der Waals surface area contributed by atoms with Crippen LogP contribution in [0.15, 0.2) is 63.9 Å². The fraction of sp³-hybridized carbons (Fsp3) is 0.238. The van der Waals surface area contributed by atoms with Crippen molar-refractivity contribution in [2.75, 3.05) is 20.8 Å². The fourth-order valence-electron chi connectivity index (χ4n) is 2.84. The van der Waals surface area contributed by atoms with Crippen LogP contribution in [-0.2, 0) is 21.4 Å². The van der Waals surface area contributed by atoms with Crippen LogP contribution in [0.2, 0.25) is 0 Å². The summed E-state index contributed by atoms with van der Waals surface area (Å²) in [5.41, 5.74) is 0.475. The van der Waals surface area contributed by atoms with E-state index in [0.717, 1.165) is 0 Å². The lowest BCUT2D eigenvalue weighted by Gasteiger charge is -2.10. The van der Waals surface area contributed by atoms with Gasteiger partial charge in [0.25, 0.3) is 0 Å². The van der Waals surface area contributed by atoms with Crippen molar-refractivity contribution in [2.24, 2.45) is 4.99 Å². The first kappa shape index (κ1) is 23.6. The summed E-state index contributed by atoms with van der Waals surface area (Å²) < 4.78 is 53.2. The summed E-state index contributed by atoms with van der Waals surface area (Å²) >= 11 is 1.24. The van der Waals surface area contributed by atoms with Crippen molar-refractivity contribution in [1.29, 1.82) is 0 Å². The number of ether oxygens (including phenoxy) is 2. The summed E-state index contributed by atoms with van der Waals surface area (Å²) in [5.74, 6) is -0.156. The molecule has 32 heavy (non-hydrogen) atoms. The van der Waals surface area contributed by atoms with Gasteiger partial charge in [-0.2, -0.15) is 4.99 Å². The van der Waals surface area contributed by atoms with E-state index in [0.29, 0.717) is 16.1 Å². The minimum Gasteiger partial charge on any atom is -0.493 e. The smallest absolute Gasteiger partial charge is 0.249 e. The maximum absolute atomic E-state index is 13.9. The van der Waals surface area contributed by atoms with Crippen LogP contribution in [0, 0.1) is 5.82 Å². The second-order valence-electron chi connectivity index (χ2n) is 6.57. The Balaban J connectivity index is 1.64. The Morgan fingerprint density at radius 1 is 1.16 bits per heavy atom. The quantitative estimate of drug-likeness (QED) is 0.509. The number of nitrogens with zero attached hydrogens (tertiary/aromatic N) is 2. The van der Waals surface area contributed by atoms with Crippen molar-refractivity contribution in [3.05, 3.63) is 70.2 Å². The van der Waals surface area contributed by atoms with Gasteiger partial charge in [-0.25, -0.2) is 17.5 Å². The lowest BCUT2D eigenvalue weighted by Crippen LogP contribution is -2.26. The zero-order chi connectivity index (χ0) is 23.1. The molecule has 1 heterocycles. The number of carbonyl (C=O) groups is 1. The Bertz CT molecular complexity index is 1270. The first-order valence-electron chi connectivity index (χ1n) is 9.50. The maximum Gasteiger partial charge on any atom is 0.249 e. The number of hydrogen-bond donors (Lipinski definition) is 1. The summed E-state index contributed by atoms with van der Waals surface area (Å²) in [6, 6.07) is 10.6. The maximum atomic E-state index is 13.9. The first-order valence-corrected chi connectivity index (χ1v) is 11.9. The van der Waals surface area contributed by atoms with Crippen molar-refractivity contribution < 1.29 is 27.1 Å². The van der Waals surface area contributed by atoms with Gasteiger partial charge >= 0.3 is 0 Å². The number of benzene rings is 2. The molecule has 0 unspecified atom stereocenters. The van der Waals surface area contributed by atoms with Crippen LogP contribution in [0.1, 0.15) is 12.0 Å². The molecule has 11 heteroatoms. The van der Waals surface area contributed by atoms with Crippen LogP contribution in [0.5, 0.6) is 11.5 Å². The third kappa shape index (κ3) is 5.81. The molecule has 0 saturated carbocycles. The molecule has 1 aromatic heterocycles. The Labute approximate surface area is 189 Å². The second-order valence-corrected chi connectivity index (χ2v) is 9.21. The van der Waals surface area contributed by atoms with Gasteiger partial charge in [0.1, 0.15) is 5.82 Å². The molecule has 0 atom stereocenters. The largest absolute Gasteiger partial charge is 0.493 e. The van der Waals surface area contributed by atoms with Gasteiger partial charge in [-0.1, -0.05) is 18.2 Å². The molecular formula is C21H22FN3O5S2. The van der Waals surface area contributed by atoms with Crippen molar-refractivity contribution in [3.63, 3.8) is 0 Å². The van der Waals surface area contributed by atoms with Crippen LogP contribution in [0.4, 0.5) is 4.39 Å². The topological polar surface area (TPSA) is 99.0 Å². The average Bonchev–Trinajstić information content (AvgIpc) is 3.21. The standard InChI is InChI=1S/C21H22FN3O5S2/c1-29-18-8-7-16(13-19(18)30-2)32(27,28)23-10-9-20(26)24-21-25(11-12-31-21)14-15-5-3-4-6-17(15)22/h3-8,11-13,23H,9-10,14H2,1-2H3. The molecule has 0 aliphatic rings. The minimum atomic E-state index is -3.85. The normalized spacial score (nSPS) is 12.0. The monoisotopic (exact) mass is 479 g/mol. The number of rotatable bonds is 9. The summed E-state index contributed by atoms with van der Waals surface area (Å²) in [4.78, 5) is 16.7. The van der Waals surface area contributed by atoms with Crippen LogP contribution in [0.25, 0.3) is 0 Å². The SMILES string of the molecule is COc1ccc(S(=O)(=O)NCCC(=O)N=c2sccn2Cc2ccccc2F)cc1OC. The number of thiazole rings is 1. The van der Waals surface area contributed by atoms with E-state index in [4.69, 9.17) is 9.47 Å². The van der Waals surface area contributed by atoms with Crippen LogP contribution >= 0.6 is 11.3 Å². The molecule has 3 aromatic rings. The molecule has 1 N–H and O–H groups in total. The Kier molecular flexibility index (Phi) is 7.78. The Hall–Kier alpha value is -3.02. The highest BCUT2D eigenvalue weighted by Gasteiger charge is 2.17. The lowest BCUT2D eigenvalue weighted by atomic mass is 10.2. The molecule has 1 amide bonds. The molecule has 8 nitrogen and oxygen atoms in total. The number of carbonyl (C=O) groups excluding carboxylic acids is 1. The predicted octanol–water partition coefficient (Wildman–Crippen LogP) is 2.55. The number of amides is 1. The number of halogens is 1. The van der Waals surface area contributed by atoms with Crippen molar-refractivity contribution >= 4 is 27.3 Å². The molecule has 0 fully saturated rings. The second kappa shape index (κ2) is 10.5. The predicted molar refractivity (Wildman–Crippen MR) is 118 cm³/mol. The molecule has 170 valence electrons. The summed E-state index contributed by atoms with van der Waals surface area (Å²) in [5, 5.41) is 1.74. The van der Waals surface area contributed by atoms with Crippen molar-refractivity contribution in [1.82, 2.24) is 9.29 Å². The number of aromatic nitrogens is 1. The molecule has 0 saturated heterocycles. The van der Waals surface area contributed by atoms with Gasteiger partial charge < -0.3 is 14.0 Å². The third-order valence-electron chi connectivity index (χ3n) is 4.48. The zero-order valence-corrected chi connectivity index (χ0v) is 19.1. The van der Waals surface area contributed by atoms with Gasteiger partial charge in [0.15, 0.2) is 16.3 Å². The molecule has 3 rings (SSSR count). The van der Waals surface area contributed by atoms with Gasteiger partial charge in [0, 0.05) is 36.2 Å². The zero-order valence-electron chi connectivity index (χ0n) is 17.4. The van der Waals surface area contributed by atoms with Crippen molar-refractivity contribution in [2.45, 2.75) is 17.9 Å². The highest BCUT2D eigenvalue weighted by atomic mass is 32.2. The third-order valence-corrected chi connectivity index (χ3v) is 6.73. The first-order chi connectivity index (χ1) is 15.3. The van der Waals surface area contributed by atoms with Gasteiger partial charge in [0.05, 0.1) is 25.7 Å². The molecule has 0 aliphatic heterocycles. The molecule has 0 radical (unpaired) electrons. The van der Waals surface area contributed by atoms with E-state index >= 15 is 0 Å². The lowest BCUT2D eigenvalue weighted by molar-refractivity contribution is -0.117. The van der Waals surface area contributed by atoms with Gasteiger partial charge in [-0.05, 0) is 18.2 Å². The molecular weight excluding hydrogens is 457 g/mol. The number of methoxy groups -OCH3 is 2. The van der Waals surface area contributed by atoms with E-state index in [1.54, 1.807) is 34.3 Å². The molecule has 0 aliphatic carbocycles. The van der Waals surface area contributed by atoms with Gasteiger partial charge in [0.2, 0.25) is 15.9 Å². The summed E-state index contributed by atoms with van der Waals surface area (Å²) in [6.45, 7) is 0.103. The summed E-state index contributed by atoms with van der Waals surface area (Å²) in [7, 11) is -0.994. The van der Waals surface area contributed by atoms with Crippen LogP contribution in [0.3, 0.4) is 0 Å². The number of hydrogen-bond acceptors (Lipinski definition) is 6. The molecule has 0 spiro atoms.